The molecule has 5 heterocycles. The number of hydrogen-bond acceptors (Lipinski definition) is 8. The lowest BCUT2D eigenvalue weighted by Crippen LogP contribution is -2.78. The average molecular weight is 1950 g/mol. The molecule has 0 amide bonds. The van der Waals surface area contributed by atoms with E-state index in [1.807, 2.05) is 36.0 Å². The van der Waals surface area contributed by atoms with Crippen LogP contribution in [0, 0.1) is 0 Å². The van der Waals surface area contributed by atoms with E-state index in [0.717, 1.165) is 22.9 Å². The smallest absolute Gasteiger partial charge is 0.183 e. The Kier molecular flexibility index (Phi) is 30.8. The van der Waals surface area contributed by atoms with Gasteiger partial charge in [0.1, 0.15) is 0 Å². The lowest BCUT2D eigenvalue weighted by Gasteiger charge is -2.49. The number of rotatable bonds is 6. The van der Waals surface area contributed by atoms with Crippen molar-refractivity contribution in [2.75, 3.05) is 29.4 Å². The Morgan fingerprint density at radius 2 is 0.490 bits per heavy atom. The summed E-state index contributed by atoms with van der Waals surface area (Å²) in [6.45, 7) is 65.6. The third kappa shape index (κ3) is 22.9. The number of aromatic nitrogens is 1. The van der Waals surface area contributed by atoms with Gasteiger partial charge in [-0.2, -0.15) is 0 Å². The fourth-order valence-corrected chi connectivity index (χ4v) is 27.4. The van der Waals surface area contributed by atoms with Gasteiger partial charge in [-0.3, -0.25) is 0 Å². The first-order valence-electron chi connectivity index (χ1n) is 51.8. The zero-order valence-corrected chi connectivity index (χ0v) is 93.5. The van der Waals surface area contributed by atoms with Gasteiger partial charge in [-0.1, -0.05) is 346 Å². The maximum absolute atomic E-state index is 5.96. The molecule has 16 aromatic carbocycles. The molecule has 0 spiro atoms. The van der Waals surface area contributed by atoms with Crippen LogP contribution in [0.3, 0.4) is 0 Å². The van der Waals surface area contributed by atoms with E-state index in [1.54, 1.807) is 0 Å². The van der Waals surface area contributed by atoms with Gasteiger partial charge >= 0.3 is 0 Å². The number of para-hydroxylation sites is 14. The van der Waals surface area contributed by atoms with E-state index >= 15 is 0 Å². The summed E-state index contributed by atoms with van der Waals surface area (Å²) >= 11 is 1.86. The van der Waals surface area contributed by atoms with E-state index in [2.05, 4.69) is 623 Å². The molecule has 1 aromatic heterocycles. The molecule has 10 heteroatoms. The van der Waals surface area contributed by atoms with Crippen molar-refractivity contribution in [2.24, 2.45) is 0 Å². The third-order valence-electron chi connectivity index (χ3n) is 27.3. The summed E-state index contributed by atoms with van der Waals surface area (Å²) in [7, 11) is -2.44. The number of hydrogen-bond donors (Lipinski definition) is 0. The van der Waals surface area contributed by atoms with E-state index in [0.29, 0.717) is 0 Å². The van der Waals surface area contributed by atoms with E-state index in [1.165, 1.54) is 131 Å². The summed E-state index contributed by atoms with van der Waals surface area (Å²) in [5.74, 6) is 1.84. The summed E-state index contributed by atoms with van der Waals surface area (Å²) in [4.78, 5) is 17.2. The minimum atomic E-state index is -2.44. The normalized spacial score (nSPS) is 13.8. The second-order valence-electron chi connectivity index (χ2n) is 48.1. The van der Waals surface area contributed by atoms with Crippen LogP contribution >= 0.6 is 11.8 Å². The Morgan fingerprint density at radius 3 is 0.821 bits per heavy atom. The van der Waals surface area contributed by atoms with Gasteiger partial charge in [0.25, 0.3) is 0 Å². The Bertz CT molecular complexity index is 6740. The molecule has 0 atom stereocenters. The zero-order chi connectivity index (χ0) is 104. The lowest BCUT2D eigenvalue weighted by molar-refractivity contribution is 0.423. The molecular weight excluding hydrogens is 1800 g/mol. The van der Waals surface area contributed by atoms with Gasteiger partial charge in [0.2, 0.25) is 0 Å². The van der Waals surface area contributed by atoms with Gasteiger partial charge in [0.05, 0.1) is 22.7 Å². The molecule has 4 aliphatic rings. The van der Waals surface area contributed by atoms with E-state index < -0.39 is 8.07 Å². The fraction of sp³-hybridized carbons (Fsp3) is 0.289. The minimum Gasteiger partial charge on any atom is -0.453 e. The maximum atomic E-state index is 5.96. The molecule has 21 rings (SSSR count). The van der Waals surface area contributed by atoms with E-state index in [4.69, 9.17) is 4.74 Å². The van der Waals surface area contributed by atoms with Crippen LogP contribution in [0.15, 0.2) is 422 Å². The second kappa shape index (κ2) is 42.3. The summed E-state index contributed by atoms with van der Waals surface area (Å²) in [6, 6.07) is 148. The summed E-state index contributed by atoms with van der Waals surface area (Å²) in [5.41, 5.74) is 24.1. The van der Waals surface area contributed by atoms with Crippen LogP contribution in [0.4, 0.5) is 68.2 Å². The predicted molar refractivity (Wildman–Crippen MR) is 634 cm³/mol. The van der Waals surface area contributed by atoms with Crippen molar-refractivity contribution in [2.45, 2.75) is 266 Å². The van der Waals surface area contributed by atoms with E-state index in [-0.39, 0.29) is 55.0 Å². The monoisotopic (exact) mass is 1950 g/mol. The molecule has 0 fully saturated rings. The molecule has 0 unspecified atom stereocenters. The van der Waals surface area contributed by atoms with Gasteiger partial charge < -0.3 is 38.7 Å². The topological polar surface area (TPSA) is 33.6 Å². The Labute approximate surface area is 874 Å². The first-order valence-corrected chi connectivity index (χ1v) is 54.6. The highest BCUT2D eigenvalue weighted by Gasteiger charge is 2.50. The number of anilines is 12. The molecule has 0 saturated heterocycles. The number of fused-ring (bicyclic) bond motifs is 11. The average Bonchev–Trinajstić information content (AvgIpc) is 0.992. The van der Waals surface area contributed by atoms with Crippen LogP contribution in [0.5, 0.6) is 11.5 Å². The first kappa shape index (κ1) is 106. The maximum Gasteiger partial charge on any atom is 0.183 e. The summed E-state index contributed by atoms with van der Waals surface area (Å²) in [6.07, 6.45) is 0. The van der Waals surface area contributed by atoms with Crippen molar-refractivity contribution >= 4 is 131 Å². The number of ether oxygens (including phenoxy) is 1. The molecule has 8 nitrogen and oxygen atoms in total. The molecule has 145 heavy (non-hydrogen) atoms. The van der Waals surface area contributed by atoms with Gasteiger partial charge in [0.15, 0.2) is 19.6 Å². The standard InChI is InChI=1S/C28H27NSi.C24H35N.C19H23N.C16H17NO.C16H17NS.C16H17N.C16H19N/c1-28(2,3)29-24-18-10-12-20-26(24)30(22-14-6-4-7-15-22,23-16-8-5-9-17-23)27-21-13-11-19-25(27)29;1-22(2,3)18-10-14-20(15-11-18)25(24(7,8)9)21-16-12-19(13-17-21)23(4,5)6;1-18(2,3)20-16-12-8-6-10-14(16)19(4,5)15-11-7-9-13-17(15)20;2*1-16(2,3)17-12-8-4-6-10-14(12)18-15-11-7-5-9-13(15)17;1-16(2,3)17-14-10-6-4-8-12(14)13-9-5-7-11-15(13)17;1-16(2,3)17(14-10-6-4-7-11-14)15-12-8-5-9-13-15/h4-21H,1-3H3;10-17H,1-9H3;6-13H,1-5H3;2*4-11H,1-3H3;4-11H,1-3H3;4-13H,1-3H3. The molecule has 0 saturated carbocycles. The minimum absolute atomic E-state index is 0.00645. The van der Waals surface area contributed by atoms with Crippen molar-refractivity contribution in [1.29, 1.82) is 0 Å². The van der Waals surface area contributed by atoms with Gasteiger partial charge in [-0.25, -0.2) is 0 Å². The second-order valence-corrected chi connectivity index (χ2v) is 52.9. The van der Waals surface area contributed by atoms with Crippen molar-refractivity contribution in [3.63, 3.8) is 0 Å². The highest BCUT2D eigenvalue weighted by atomic mass is 32.2. The first-order chi connectivity index (χ1) is 68.5. The Hall–Kier alpha value is -13.5. The van der Waals surface area contributed by atoms with E-state index in [9.17, 15) is 0 Å². The van der Waals surface area contributed by atoms with Crippen molar-refractivity contribution in [1.82, 2.24) is 4.57 Å². The van der Waals surface area contributed by atoms with Crippen molar-refractivity contribution in [3.05, 3.63) is 435 Å². The quantitative estimate of drug-likeness (QED) is 0.152. The van der Waals surface area contributed by atoms with Gasteiger partial charge in [0, 0.05) is 121 Å². The van der Waals surface area contributed by atoms with Crippen molar-refractivity contribution < 1.29 is 4.74 Å². The highest BCUT2D eigenvalue weighted by Crippen LogP contribution is 2.55. The molecule has 0 radical (unpaired) electrons. The van der Waals surface area contributed by atoms with Crippen LogP contribution in [0.1, 0.15) is 223 Å². The van der Waals surface area contributed by atoms with Crippen LogP contribution in [-0.4, -0.2) is 45.9 Å². The molecular formula is C135H155N7OSSi. The molecule has 0 bridgehead atoms. The highest BCUT2D eigenvalue weighted by molar-refractivity contribution is 7.99. The van der Waals surface area contributed by atoms with Crippen LogP contribution in [0.2, 0.25) is 0 Å². The number of nitrogens with zero attached hydrogens (tertiary/aromatic N) is 7. The third-order valence-corrected chi connectivity index (χ3v) is 33.3. The van der Waals surface area contributed by atoms with Gasteiger partial charge in [-0.15, -0.1) is 0 Å². The zero-order valence-electron chi connectivity index (χ0n) is 91.7. The molecule has 4 aliphatic heterocycles. The Morgan fingerprint density at radius 1 is 0.234 bits per heavy atom. The fourth-order valence-electron chi connectivity index (χ4n) is 21.2. The van der Waals surface area contributed by atoms with Crippen LogP contribution in [0.25, 0.3) is 21.8 Å². The van der Waals surface area contributed by atoms with Gasteiger partial charge in [-0.05, 0) is 333 Å². The largest absolute Gasteiger partial charge is 0.453 e. The van der Waals surface area contributed by atoms with Crippen molar-refractivity contribution in [3.8, 4) is 11.5 Å². The predicted octanol–water partition coefficient (Wildman–Crippen LogP) is 35.8. The van der Waals surface area contributed by atoms with Crippen LogP contribution < -0.4 is 54.9 Å². The molecule has 746 valence electrons. The molecule has 0 aliphatic carbocycles. The number of benzene rings is 16. The molecule has 0 N–H and O–H groups in total. The molecule has 17 aromatic rings. The summed E-state index contributed by atoms with van der Waals surface area (Å²) < 4.78 is 8.39. The summed E-state index contributed by atoms with van der Waals surface area (Å²) in [5, 5.41) is 8.50. The Balaban J connectivity index is 0.000000128. The van der Waals surface area contributed by atoms with Crippen LogP contribution in [-0.2, 0) is 21.8 Å². The lowest BCUT2D eigenvalue weighted by atomic mass is 9.73. The SMILES string of the molecule is CC(C)(C)N(c1ccccc1)c1ccccc1.CC(C)(C)N1c2ccccc2Oc2ccccc21.CC(C)(C)N1c2ccccc2Sc2ccccc21.CC(C)(C)N1c2ccccc2[Si](c2ccccc2)(c2ccccc2)c2ccccc21.CC(C)(C)c1ccc(N(c2ccc(C(C)(C)C)cc2)C(C)(C)C)cc1.CC(C)(C)n1c2ccccc2c2ccccc21.CC1(C)c2ccccc2N(C(C)(C)C)c2ccccc21.